The molecular weight excluding hydrogens is 296 g/mol. The van der Waals surface area contributed by atoms with Gasteiger partial charge in [0.1, 0.15) is 11.9 Å². The molecule has 0 aliphatic carbocycles. The van der Waals surface area contributed by atoms with E-state index in [9.17, 15) is 0 Å². The van der Waals surface area contributed by atoms with E-state index in [-0.39, 0.29) is 0 Å². The van der Waals surface area contributed by atoms with Crippen molar-refractivity contribution in [2.75, 3.05) is 6.61 Å². The molecule has 3 nitrogen and oxygen atoms in total. The maximum atomic E-state index is 5.74. The van der Waals surface area contributed by atoms with Crippen molar-refractivity contribution in [3.8, 4) is 0 Å². The zero-order chi connectivity index (χ0) is 11.5. The van der Waals surface area contributed by atoms with Gasteiger partial charge < -0.3 is 9.30 Å². The van der Waals surface area contributed by atoms with Crippen molar-refractivity contribution in [3.63, 3.8) is 0 Å². The first-order valence-corrected chi connectivity index (χ1v) is 9.72. The maximum absolute atomic E-state index is 5.74. The van der Waals surface area contributed by atoms with E-state index in [1.165, 1.54) is 6.04 Å². The number of hydrogen-bond acceptors (Lipinski definition) is 2. The van der Waals surface area contributed by atoms with Crippen molar-refractivity contribution in [2.45, 2.75) is 32.4 Å². The van der Waals surface area contributed by atoms with E-state index in [1.807, 2.05) is 4.57 Å². The Kier molecular flexibility index (Phi) is 4.83. The molecule has 0 atom stereocenters. The molecule has 0 N–H and O–H groups in total. The Labute approximate surface area is 105 Å². The van der Waals surface area contributed by atoms with Gasteiger partial charge >= 0.3 is 0 Å². The monoisotopic (exact) mass is 310 g/mol. The number of imidazole rings is 1. The van der Waals surface area contributed by atoms with Gasteiger partial charge in [-0.05, 0) is 22.0 Å². The quantitative estimate of drug-likeness (QED) is 0.613. The number of nitrogens with zero attached hydrogens (tertiary/aromatic N) is 2. The van der Waals surface area contributed by atoms with Crippen LogP contribution in [0.25, 0.3) is 0 Å². The Bertz CT molecular complexity index is 324. The lowest BCUT2D eigenvalue weighted by Gasteiger charge is -2.15. The van der Waals surface area contributed by atoms with Gasteiger partial charge in [-0.2, -0.15) is 0 Å². The van der Waals surface area contributed by atoms with Crippen LogP contribution in [0.1, 0.15) is 0 Å². The predicted molar refractivity (Wildman–Crippen MR) is 69.0 cm³/mol. The smallest absolute Gasteiger partial charge is 0.180 e. The average molecular weight is 312 g/mol. The zero-order valence-electron chi connectivity index (χ0n) is 9.26. The lowest BCUT2D eigenvalue weighted by Crippen LogP contribution is -2.22. The highest BCUT2D eigenvalue weighted by Crippen LogP contribution is 2.14. The average Bonchev–Trinajstić information content (AvgIpc) is 2.37. The van der Waals surface area contributed by atoms with Crippen molar-refractivity contribution in [1.82, 2.24) is 9.55 Å². The first-order chi connectivity index (χ1) is 6.88. The van der Waals surface area contributed by atoms with Gasteiger partial charge in [-0.15, -0.1) is 0 Å². The van der Waals surface area contributed by atoms with Crippen LogP contribution in [0.4, 0.5) is 0 Å². The van der Waals surface area contributed by atoms with Crippen molar-refractivity contribution < 1.29 is 4.74 Å². The van der Waals surface area contributed by atoms with E-state index in [2.05, 4.69) is 40.6 Å². The Balaban J connectivity index is 2.29. The number of halogens is 2. The van der Waals surface area contributed by atoms with Crippen LogP contribution in [0.15, 0.2) is 10.9 Å². The summed E-state index contributed by atoms with van der Waals surface area (Å²) in [5.41, 5.74) is 0. The summed E-state index contributed by atoms with van der Waals surface area (Å²) < 4.78 is 8.11. The standard InChI is InChI=1S/C9H16BrClN2OSi/c1-15(2,3)5-4-14-7-13-6-8(11)12-9(13)10/h6H,4-5,7H2,1-3H3. The van der Waals surface area contributed by atoms with E-state index in [0.717, 1.165) is 6.61 Å². The van der Waals surface area contributed by atoms with Crippen LogP contribution in [0.2, 0.25) is 30.8 Å². The van der Waals surface area contributed by atoms with Gasteiger partial charge in [-0.3, -0.25) is 0 Å². The maximum Gasteiger partial charge on any atom is 0.180 e. The molecule has 0 unspecified atom stereocenters. The molecule has 0 aliphatic heterocycles. The Morgan fingerprint density at radius 1 is 1.53 bits per heavy atom. The van der Waals surface area contributed by atoms with E-state index in [0.29, 0.717) is 16.6 Å². The molecule has 0 radical (unpaired) electrons. The van der Waals surface area contributed by atoms with Gasteiger partial charge in [-0.1, -0.05) is 31.2 Å². The van der Waals surface area contributed by atoms with Crippen molar-refractivity contribution in [3.05, 3.63) is 16.1 Å². The van der Waals surface area contributed by atoms with Gasteiger partial charge in [0.05, 0.1) is 0 Å². The summed E-state index contributed by atoms with van der Waals surface area (Å²) in [5, 5.41) is 0.482. The number of aromatic nitrogens is 2. The van der Waals surface area contributed by atoms with Crippen molar-refractivity contribution in [1.29, 1.82) is 0 Å². The zero-order valence-corrected chi connectivity index (χ0v) is 12.6. The van der Waals surface area contributed by atoms with Crippen LogP contribution < -0.4 is 0 Å². The molecule has 0 saturated carbocycles. The second kappa shape index (κ2) is 5.47. The first kappa shape index (κ1) is 13.2. The van der Waals surface area contributed by atoms with Crippen LogP contribution in [0, 0.1) is 0 Å². The second-order valence-corrected chi connectivity index (χ2v) is 11.4. The van der Waals surface area contributed by atoms with Crippen LogP contribution >= 0.6 is 27.5 Å². The molecule has 0 amide bonds. The number of hydrogen-bond donors (Lipinski definition) is 0. The van der Waals surface area contributed by atoms with Gasteiger partial charge in [0.2, 0.25) is 0 Å². The summed E-state index contributed by atoms with van der Waals surface area (Å²) >= 11 is 9.05. The van der Waals surface area contributed by atoms with Crippen LogP contribution in [-0.4, -0.2) is 24.2 Å². The van der Waals surface area contributed by atoms with Gasteiger partial charge in [0, 0.05) is 20.9 Å². The third-order valence-corrected chi connectivity index (χ3v) is 4.44. The highest BCUT2D eigenvalue weighted by Gasteiger charge is 2.12. The largest absolute Gasteiger partial charge is 0.361 e. The van der Waals surface area contributed by atoms with Crippen LogP contribution in [0.5, 0.6) is 0 Å². The van der Waals surface area contributed by atoms with Crippen molar-refractivity contribution >= 4 is 35.6 Å². The molecule has 0 aromatic carbocycles. The van der Waals surface area contributed by atoms with Crippen LogP contribution in [0.3, 0.4) is 0 Å². The second-order valence-electron chi connectivity index (χ2n) is 4.65. The van der Waals surface area contributed by atoms with E-state index >= 15 is 0 Å². The third kappa shape index (κ3) is 5.15. The van der Waals surface area contributed by atoms with Crippen molar-refractivity contribution in [2.24, 2.45) is 0 Å². The molecule has 15 heavy (non-hydrogen) atoms. The minimum absolute atomic E-state index is 0.482. The molecule has 0 saturated heterocycles. The molecule has 6 heteroatoms. The summed E-state index contributed by atoms with van der Waals surface area (Å²) in [7, 11) is -0.991. The van der Waals surface area contributed by atoms with Crippen LogP contribution in [-0.2, 0) is 11.5 Å². The Morgan fingerprint density at radius 2 is 2.20 bits per heavy atom. The molecule has 1 aromatic rings. The van der Waals surface area contributed by atoms with E-state index in [1.54, 1.807) is 6.20 Å². The van der Waals surface area contributed by atoms with Gasteiger partial charge in [-0.25, -0.2) is 4.98 Å². The summed E-state index contributed by atoms with van der Waals surface area (Å²) in [4.78, 5) is 4.01. The summed E-state index contributed by atoms with van der Waals surface area (Å²) in [6, 6.07) is 1.17. The molecule has 0 bridgehead atoms. The minimum atomic E-state index is -0.991. The molecule has 0 aliphatic rings. The fourth-order valence-corrected chi connectivity index (χ4v) is 2.45. The number of rotatable bonds is 5. The SMILES string of the molecule is C[Si](C)(C)CCOCn1cc(Cl)nc1Br. The van der Waals surface area contributed by atoms with E-state index < -0.39 is 8.07 Å². The summed E-state index contributed by atoms with van der Waals surface area (Å²) in [5.74, 6) is 0. The fraction of sp³-hybridized carbons (Fsp3) is 0.667. The normalized spacial score (nSPS) is 12.1. The topological polar surface area (TPSA) is 27.1 Å². The third-order valence-electron chi connectivity index (χ3n) is 1.93. The summed E-state index contributed by atoms with van der Waals surface area (Å²) in [6.07, 6.45) is 1.75. The Hall–Kier alpha value is 0.157. The van der Waals surface area contributed by atoms with E-state index in [4.69, 9.17) is 16.3 Å². The number of ether oxygens (including phenoxy) is 1. The lowest BCUT2D eigenvalue weighted by molar-refractivity contribution is 0.0856. The molecule has 1 heterocycles. The molecule has 0 fully saturated rings. The minimum Gasteiger partial charge on any atom is -0.361 e. The highest BCUT2D eigenvalue weighted by molar-refractivity contribution is 9.10. The van der Waals surface area contributed by atoms with Gasteiger partial charge in [0.25, 0.3) is 0 Å². The highest BCUT2D eigenvalue weighted by atomic mass is 79.9. The van der Waals surface area contributed by atoms with Gasteiger partial charge in [0.15, 0.2) is 4.73 Å². The molecule has 86 valence electrons. The first-order valence-electron chi connectivity index (χ1n) is 4.84. The lowest BCUT2D eigenvalue weighted by atomic mass is 10.8. The molecular formula is C9H16BrClN2OSi. The molecule has 0 spiro atoms. The molecule has 1 aromatic heterocycles. The molecule has 1 rings (SSSR count). The fourth-order valence-electron chi connectivity index (χ4n) is 0.995. The summed E-state index contributed by atoms with van der Waals surface area (Å²) in [6.45, 7) is 8.31. The Morgan fingerprint density at radius 3 is 2.67 bits per heavy atom. The predicted octanol–water partition coefficient (Wildman–Crippen LogP) is 3.61.